The van der Waals surface area contributed by atoms with Crippen LogP contribution in [0.3, 0.4) is 0 Å². The second kappa shape index (κ2) is 6.17. The molecule has 2 aromatic rings. The van der Waals surface area contributed by atoms with E-state index in [1.165, 1.54) is 16.9 Å². The SMILES string of the molecule is CC(C)c1ccc(NC(C)c2cc(Cl)sc2Cl)cc1. The van der Waals surface area contributed by atoms with E-state index < -0.39 is 0 Å². The highest BCUT2D eigenvalue weighted by Crippen LogP contribution is 2.36. The summed E-state index contributed by atoms with van der Waals surface area (Å²) < 4.78 is 1.48. The van der Waals surface area contributed by atoms with Crippen molar-refractivity contribution in [2.24, 2.45) is 0 Å². The molecule has 0 saturated carbocycles. The van der Waals surface area contributed by atoms with E-state index in [2.05, 4.69) is 50.4 Å². The van der Waals surface area contributed by atoms with Crippen LogP contribution in [-0.2, 0) is 0 Å². The maximum atomic E-state index is 6.17. The molecule has 0 spiro atoms. The molecule has 1 nitrogen and oxygen atoms in total. The van der Waals surface area contributed by atoms with Gasteiger partial charge in [0.05, 0.1) is 14.7 Å². The first-order valence-electron chi connectivity index (χ1n) is 6.28. The molecule has 1 heterocycles. The van der Waals surface area contributed by atoms with Crippen molar-refractivity contribution in [2.45, 2.75) is 32.7 Å². The third-order valence-electron chi connectivity index (χ3n) is 3.11. The van der Waals surface area contributed by atoms with Gasteiger partial charge in [-0.1, -0.05) is 49.2 Å². The van der Waals surface area contributed by atoms with Crippen molar-refractivity contribution >= 4 is 40.2 Å². The summed E-state index contributed by atoms with van der Waals surface area (Å²) >= 11 is 13.5. The van der Waals surface area contributed by atoms with Crippen LogP contribution in [0.1, 0.15) is 43.9 Å². The lowest BCUT2D eigenvalue weighted by atomic mass is 10.0. The van der Waals surface area contributed by atoms with Crippen LogP contribution < -0.4 is 5.32 Å². The number of rotatable bonds is 4. The molecule has 1 N–H and O–H groups in total. The number of benzene rings is 1. The first-order valence-corrected chi connectivity index (χ1v) is 7.86. The van der Waals surface area contributed by atoms with Crippen molar-refractivity contribution < 1.29 is 0 Å². The molecule has 0 fully saturated rings. The lowest BCUT2D eigenvalue weighted by molar-refractivity contribution is 0.863. The van der Waals surface area contributed by atoms with E-state index in [1.54, 1.807) is 0 Å². The fourth-order valence-electron chi connectivity index (χ4n) is 1.94. The van der Waals surface area contributed by atoms with Gasteiger partial charge in [0.25, 0.3) is 0 Å². The van der Waals surface area contributed by atoms with E-state index in [9.17, 15) is 0 Å². The molecule has 0 aliphatic heterocycles. The average Bonchev–Trinajstić information content (AvgIpc) is 2.69. The van der Waals surface area contributed by atoms with Crippen LogP contribution >= 0.6 is 34.5 Å². The van der Waals surface area contributed by atoms with E-state index in [0.29, 0.717) is 5.92 Å². The van der Waals surface area contributed by atoms with E-state index in [-0.39, 0.29) is 6.04 Å². The van der Waals surface area contributed by atoms with Crippen molar-refractivity contribution in [1.29, 1.82) is 0 Å². The van der Waals surface area contributed by atoms with Crippen LogP contribution in [0.2, 0.25) is 8.67 Å². The Balaban J connectivity index is 2.10. The molecular formula is C15H17Cl2NS. The zero-order valence-electron chi connectivity index (χ0n) is 11.2. The van der Waals surface area contributed by atoms with Crippen LogP contribution in [0.4, 0.5) is 5.69 Å². The maximum Gasteiger partial charge on any atom is 0.0996 e. The maximum absolute atomic E-state index is 6.17. The van der Waals surface area contributed by atoms with Crippen LogP contribution in [-0.4, -0.2) is 0 Å². The topological polar surface area (TPSA) is 12.0 Å². The summed E-state index contributed by atoms with van der Waals surface area (Å²) in [5.74, 6) is 0.552. The van der Waals surface area contributed by atoms with Gasteiger partial charge in [0.2, 0.25) is 0 Å². The highest BCUT2D eigenvalue weighted by atomic mass is 35.5. The average molecular weight is 314 g/mol. The van der Waals surface area contributed by atoms with Gasteiger partial charge in [0.1, 0.15) is 0 Å². The third-order valence-corrected chi connectivity index (χ3v) is 4.63. The Morgan fingerprint density at radius 1 is 1.05 bits per heavy atom. The Morgan fingerprint density at radius 2 is 1.68 bits per heavy atom. The molecule has 19 heavy (non-hydrogen) atoms. The Bertz CT molecular complexity index is 546. The lowest BCUT2D eigenvalue weighted by Gasteiger charge is -2.15. The monoisotopic (exact) mass is 313 g/mol. The highest BCUT2D eigenvalue weighted by molar-refractivity contribution is 7.20. The third kappa shape index (κ3) is 3.65. The van der Waals surface area contributed by atoms with E-state index >= 15 is 0 Å². The van der Waals surface area contributed by atoms with Crippen LogP contribution in [0.5, 0.6) is 0 Å². The van der Waals surface area contributed by atoms with Gasteiger partial charge >= 0.3 is 0 Å². The van der Waals surface area contributed by atoms with Gasteiger partial charge in [-0.05, 0) is 36.6 Å². The normalized spacial score (nSPS) is 12.7. The number of halogens is 2. The minimum atomic E-state index is 0.140. The van der Waals surface area contributed by atoms with Crippen LogP contribution in [0.25, 0.3) is 0 Å². The van der Waals surface area contributed by atoms with Gasteiger partial charge < -0.3 is 5.32 Å². The summed E-state index contributed by atoms with van der Waals surface area (Å²) in [4.78, 5) is 0. The van der Waals surface area contributed by atoms with E-state index in [4.69, 9.17) is 23.2 Å². The summed E-state index contributed by atoms with van der Waals surface area (Å²) in [6, 6.07) is 10.6. The van der Waals surface area contributed by atoms with Gasteiger partial charge in [0.15, 0.2) is 0 Å². The number of hydrogen-bond donors (Lipinski definition) is 1. The molecule has 1 atom stereocenters. The smallest absolute Gasteiger partial charge is 0.0996 e. The predicted octanol–water partition coefficient (Wildman–Crippen LogP) is 6.35. The number of thiophene rings is 1. The molecule has 1 unspecified atom stereocenters. The Hall–Kier alpha value is -0.700. The molecule has 2 rings (SSSR count). The van der Waals surface area contributed by atoms with Crippen molar-refractivity contribution in [3.8, 4) is 0 Å². The molecule has 0 aliphatic carbocycles. The quantitative estimate of drug-likeness (QED) is 0.693. The summed E-state index contributed by atoms with van der Waals surface area (Å²) in [5, 5.41) is 3.44. The van der Waals surface area contributed by atoms with Gasteiger partial charge in [-0.3, -0.25) is 0 Å². The minimum absolute atomic E-state index is 0.140. The molecule has 0 radical (unpaired) electrons. The summed E-state index contributed by atoms with van der Waals surface area (Å²) in [6.07, 6.45) is 0. The van der Waals surface area contributed by atoms with Crippen molar-refractivity contribution in [1.82, 2.24) is 0 Å². The Kier molecular flexibility index (Phi) is 4.77. The second-order valence-corrected chi connectivity index (χ2v) is 7.21. The van der Waals surface area contributed by atoms with Crippen LogP contribution in [0.15, 0.2) is 30.3 Å². The molecular weight excluding hydrogens is 297 g/mol. The van der Waals surface area contributed by atoms with Gasteiger partial charge in [-0.25, -0.2) is 0 Å². The number of nitrogens with one attached hydrogen (secondary N) is 1. The molecule has 1 aromatic carbocycles. The fourth-order valence-corrected chi connectivity index (χ4v) is 3.59. The summed E-state index contributed by atoms with van der Waals surface area (Å²) in [5.41, 5.74) is 3.48. The summed E-state index contributed by atoms with van der Waals surface area (Å²) in [6.45, 7) is 6.47. The van der Waals surface area contributed by atoms with Gasteiger partial charge in [0, 0.05) is 11.3 Å². The lowest BCUT2D eigenvalue weighted by Crippen LogP contribution is -2.06. The largest absolute Gasteiger partial charge is 0.378 e. The van der Waals surface area contributed by atoms with Crippen molar-refractivity contribution in [3.05, 3.63) is 50.1 Å². The van der Waals surface area contributed by atoms with Crippen molar-refractivity contribution in [2.75, 3.05) is 5.32 Å². The standard InChI is InChI=1S/C15H17Cl2NS/c1-9(2)11-4-6-12(7-5-11)18-10(3)13-8-14(16)19-15(13)17/h4-10,18H,1-3H3. The Morgan fingerprint density at radius 3 is 2.16 bits per heavy atom. The zero-order chi connectivity index (χ0) is 14.0. The number of anilines is 1. The van der Waals surface area contributed by atoms with E-state index in [0.717, 1.165) is 19.9 Å². The molecule has 4 heteroatoms. The zero-order valence-corrected chi connectivity index (χ0v) is 13.5. The second-order valence-electron chi connectivity index (χ2n) is 4.92. The molecule has 0 aliphatic rings. The molecule has 1 aromatic heterocycles. The fraction of sp³-hybridized carbons (Fsp3) is 0.333. The highest BCUT2D eigenvalue weighted by Gasteiger charge is 2.13. The van der Waals surface area contributed by atoms with Crippen molar-refractivity contribution in [3.63, 3.8) is 0 Å². The minimum Gasteiger partial charge on any atom is -0.378 e. The Labute approximate surface area is 128 Å². The van der Waals surface area contributed by atoms with Gasteiger partial charge in [-0.2, -0.15) is 0 Å². The first-order chi connectivity index (χ1) is 8.97. The first kappa shape index (κ1) is 14.7. The molecule has 0 saturated heterocycles. The molecule has 0 bridgehead atoms. The summed E-state index contributed by atoms with van der Waals surface area (Å²) in [7, 11) is 0. The molecule has 0 amide bonds. The predicted molar refractivity (Wildman–Crippen MR) is 86.9 cm³/mol. The van der Waals surface area contributed by atoms with Crippen LogP contribution in [0, 0.1) is 0 Å². The van der Waals surface area contributed by atoms with Gasteiger partial charge in [-0.15, -0.1) is 11.3 Å². The molecule has 102 valence electrons. The van der Waals surface area contributed by atoms with E-state index in [1.807, 2.05) is 6.07 Å². The number of hydrogen-bond acceptors (Lipinski definition) is 2.